The maximum absolute atomic E-state index is 12.7. The lowest BCUT2D eigenvalue weighted by molar-refractivity contribution is -0.125. The molecule has 1 unspecified atom stereocenters. The zero-order chi connectivity index (χ0) is 24.2. The van der Waals surface area contributed by atoms with Gasteiger partial charge in [0.05, 0.1) is 54.5 Å². The molecule has 0 aliphatic rings. The van der Waals surface area contributed by atoms with Crippen LogP contribution in [0.1, 0.15) is 13.3 Å². The quantitative estimate of drug-likeness (QED) is 0.0541. The number of nitrogens with zero attached hydrogens (tertiary/aromatic N) is 2. The Balaban J connectivity index is 5.58. The average Bonchev–Trinajstić information content (AvgIpc) is 2.79. The van der Waals surface area contributed by atoms with Gasteiger partial charge in [0, 0.05) is 49.6 Å². The number of hydrogen-bond donors (Lipinski definition) is 5. The molecule has 0 fully saturated rings. The Kier molecular flexibility index (Phi) is 16.8. The van der Waals surface area contributed by atoms with Crippen LogP contribution in [-0.2, 0) is 14.3 Å². The number of aliphatic imine (C=N–C) groups is 1. The SMILES string of the molecule is [B]CC(C=NCC(CN/C=C(\N)C[B])(CC(=O)COCCOCC)N/C=C(\N)C[B])=NN. The summed E-state index contributed by atoms with van der Waals surface area (Å²) in [6.45, 7) is 3.55. The average molecular weight is 441 g/mol. The van der Waals surface area contributed by atoms with E-state index in [1.807, 2.05) is 6.92 Å². The monoisotopic (exact) mass is 441 g/mol. The summed E-state index contributed by atoms with van der Waals surface area (Å²) in [5.41, 5.74) is 12.0. The zero-order valence-electron chi connectivity index (χ0n) is 18.9. The van der Waals surface area contributed by atoms with Gasteiger partial charge >= 0.3 is 0 Å². The minimum atomic E-state index is -0.893. The van der Waals surface area contributed by atoms with Crippen molar-refractivity contribution in [1.29, 1.82) is 0 Å². The number of nitrogens with one attached hydrogen (secondary N) is 2. The molecule has 0 amide bonds. The van der Waals surface area contributed by atoms with Gasteiger partial charge in [0.1, 0.15) is 6.61 Å². The van der Waals surface area contributed by atoms with Crippen molar-refractivity contribution in [2.45, 2.75) is 37.8 Å². The molecule has 13 heteroatoms. The molecule has 0 spiro atoms. The molecule has 0 rings (SSSR count). The van der Waals surface area contributed by atoms with Gasteiger partial charge in [0.25, 0.3) is 0 Å². The molecule has 6 radical (unpaired) electrons. The molecule has 172 valence electrons. The first kappa shape index (κ1) is 29.6. The summed E-state index contributed by atoms with van der Waals surface area (Å²) < 4.78 is 10.6. The fourth-order valence-electron chi connectivity index (χ4n) is 2.40. The smallest absolute Gasteiger partial charge is 0.160 e. The van der Waals surface area contributed by atoms with Crippen molar-refractivity contribution in [2.75, 3.05) is 39.5 Å². The standard InChI is InChI=1S/C19H34B3N7O3/c1-2-31-3-4-32-12-18(30)5-19(28-10-16(24)7-21,13-26-9-15(23)6-20)14-27-11-17(8-22)29-25/h9-11,26,28H,2-8,12-14,23-25H2,1H3/b15-9-,16-10-,27-11?,29-17?. The minimum Gasteiger partial charge on any atom is -0.401 e. The summed E-state index contributed by atoms with van der Waals surface area (Å²) in [6.07, 6.45) is 5.11. The lowest BCUT2D eigenvalue weighted by Crippen LogP contribution is -2.54. The summed E-state index contributed by atoms with van der Waals surface area (Å²) in [4.78, 5) is 17.1. The van der Waals surface area contributed by atoms with E-state index in [0.29, 0.717) is 36.9 Å². The van der Waals surface area contributed by atoms with Gasteiger partial charge in [-0.15, -0.1) is 0 Å². The number of rotatable bonds is 19. The van der Waals surface area contributed by atoms with Crippen molar-refractivity contribution < 1.29 is 14.3 Å². The van der Waals surface area contributed by atoms with Crippen LogP contribution < -0.4 is 27.9 Å². The normalized spacial score (nSPS) is 15.0. The lowest BCUT2D eigenvalue weighted by Gasteiger charge is -2.33. The maximum atomic E-state index is 12.7. The van der Waals surface area contributed by atoms with E-state index in [1.165, 1.54) is 6.21 Å². The van der Waals surface area contributed by atoms with E-state index >= 15 is 0 Å². The van der Waals surface area contributed by atoms with Gasteiger partial charge in [-0.25, -0.2) is 0 Å². The van der Waals surface area contributed by atoms with Gasteiger partial charge in [0.2, 0.25) is 0 Å². The highest BCUT2D eigenvalue weighted by molar-refractivity contribution is 6.40. The molecule has 0 aromatic heterocycles. The lowest BCUT2D eigenvalue weighted by atomic mass is 9.92. The largest absolute Gasteiger partial charge is 0.401 e. The second-order valence-corrected chi connectivity index (χ2v) is 6.91. The highest BCUT2D eigenvalue weighted by atomic mass is 16.5. The van der Waals surface area contributed by atoms with Crippen LogP contribution in [0.3, 0.4) is 0 Å². The molecule has 0 aromatic carbocycles. The second-order valence-electron chi connectivity index (χ2n) is 6.91. The van der Waals surface area contributed by atoms with Crippen LogP contribution in [0.4, 0.5) is 0 Å². The Morgan fingerprint density at radius 2 is 1.72 bits per heavy atom. The molecule has 0 heterocycles. The molecule has 0 aromatic rings. The number of allylic oxidation sites excluding steroid dienone is 2. The number of hydrogen-bond acceptors (Lipinski definition) is 10. The zero-order valence-corrected chi connectivity index (χ0v) is 18.9. The van der Waals surface area contributed by atoms with E-state index in [-0.39, 0.29) is 50.9 Å². The predicted octanol–water partition coefficient (Wildman–Crippen LogP) is -1.34. The summed E-state index contributed by atoms with van der Waals surface area (Å²) in [5, 5.41) is 9.81. The molecular formula is C19H34B3N7O3. The van der Waals surface area contributed by atoms with Gasteiger partial charge in [-0.1, -0.05) is 0 Å². The second kappa shape index (κ2) is 18.2. The Morgan fingerprint density at radius 1 is 1.06 bits per heavy atom. The Morgan fingerprint density at radius 3 is 2.31 bits per heavy atom. The van der Waals surface area contributed by atoms with Gasteiger partial charge < -0.3 is 37.4 Å². The van der Waals surface area contributed by atoms with Gasteiger partial charge in [-0.2, -0.15) is 5.10 Å². The molecular weight excluding hydrogens is 407 g/mol. The number of carbonyl (C=O) groups excluding carboxylic acids is 1. The van der Waals surface area contributed by atoms with E-state index in [0.717, 1.165) is 0 Å². The van der Waals surface area contributed by atoms with Gasteiger partial charge in [0.15, 0.2) is 5.78 Å². The highest BCUT2D eigenvalue weighted by Crippen LogP contribution is 2.13. The summed E-state index contributed by atoms with van der Waals surface area (Å²) in [7, 11) is 16.7. The summed E-state index contributed by atoms with van der Waals surface area (Å²) in [6, 6.07) is 0. The van der Waals surface area contributed by atoms with Crippen LogP contribution in [0, 0.1) is 0 Å². The number of nitrogens with two attached hydrogens (primary N) is 3. The first-order valence-electron chi connectivity index (χ1n) is 10.3. The van der Waals surface area contributed by atoms with E-state index in [9.17, 15) is 4.79 Å². The maximum Gasteiger partial charge on any atom is 0.160 e. The Hall–Kier alpha value is -2.40. The first-order valence-corrected chi connectivity index (χ1v) is 10.3. The number of carbonyl (C=O) groups is 1. The fraction of sp³-hybridized carbons (Fsp3) is 0.632. The van der Waals surface area contributed by atoms with Crippen molar-refractivity contribution in [3.63, 3.8) is 0 Å². The molecule has 0 saturated heterocycles. The van der Waals surface area contributed by atoms with Crippen molar-refractivity contribution in [3.05, 3.63) is 23.8 Å². The summed E-state index contributed by atoms with van der Waals surface area (Å²) in [5.74, 6) is 5.14. The van der Waals surface area contributed by atoms with Gasteiger partial charge in [-0.3, -0.25) is 9.79 Å². The van der Waals surface area contributed by atoms with E-state index in [2.05, 4.69) is 20.7 Å². The molecule has 0 bridgehead atoms. The summed E-state index contributed by atoms with van der Waals surface area (Å²) >= 11 is 0. The third-order valence-electron chi connectivity index (χ3n) is 4.15. The Bertz CT molecular complexity index is 660. The predicted molar refractivity (Wildman–Crippen MR) is 132 cm³/mol. The van der Waals surface area contributed by atoms with Crippen molar-refractivity contribution in [2.24, 2.45) is 27.4 Å². The fourth-order valence-corrected chi connectivity index (χ4v) is 2.40. The molecule has 1 atom stereocenters. The van der Waals surface area contributed by atoms with Crippen LogP contribution in [0.2, 0.25) is 19.0 Å². The third kappa shape index (κ3) is 13.8. The third-order valence-corrected chi connectivity index (χ3v) is 4.15. The number of ketones is 1. The highest BCUT2D eigenvalue weighted by Gasteiger charge is 2.31. The van der Waals surface area contributed by atoms with Gasteiger partial charge in [-0.05, 0) is 25.9 Å². The molecule has 8 N–H and O–H groups in total. The molecule has 0 saturated carbocycles. The van der Waals surface area contributed by atoms with Crippen molar-refractivity contribution in [3.8, 4) is 0 Å². The number of ether oxygens (including phenoxy) is 2. The molecule has 32 heavy (non-hydrogen) atoms. The van der Waals surface area contributed by atoms with E-state index < -0.39 is 5.54 Å². The number of Topliss-reactive ketones (excluding diaryl/α,β-unsaturated/α-hetero) is 1. The van der Waals surface area contributed by atoms with Crippen LogP contribution in [0.5, 0.6) is 0 Å². The minimum absolute atomic E-state index is 0.0639. The van der Waals surface area contributed by atoms with Crippen molar-refractivity contribution >= 4 is 41.2 Å². The first-order chi connectivity index (χ1) is 15.4. The van der Waals surface area contributed by atoms with E-state index in [4.69, 9.17) is 50.3 Å². The topological polar surface area (TPSA) is 162 Å². The van der Waals surface area contributed by atoms with Crippen LogP contribution >= 0.6 is 0 Å². The Labute approximate surface area is 195 Å². The molecule has 10 nitrogen and oxygen atoms in total. The van der Waals surface area contributed by atoms with Crippen LogP contribution in [0.15, 0.2) is 33.9 Å². The molecule has 0 aliphatic heterocycles. The number of hydrazone groups is 1. The van der Waals surface area contributed by atoms with Crippen molar-refractivity contribution in [1.82, 2.24) is 10.6 Å². The molecule has 0 aliphatic carbocycles. The van der Waals surface area contributed by atoms with E-state index in [1.54, 1.807) is 12.4 Å². The van der Waals surface area contributed by atoms with Crippen LogP contribution in [-0.4, -0.2) is 86.3 Å². The van der Waals surface area contributed by atoms with Crippen LogP contribution in [0.25, 0.3) is 0 Å².